The Morgan fingerprint density at radius 2 is 2.04 bits per heavy atom. The maximum Gasteiger partial charge on any atom is 0.212 e. The molecule has 0 aliphatic rings. The highest BCUT2D eigenvalue weighted by Gasteiger charge is 2.12. The lowest BCUT2D eigenvalue weighted by atomic mass is 10.2. The molecule has 9 heteroatoms. The molecule has 1 aromatic carbocycles. The maximum atomic E-state index is 11.5. The topological polar surface area (TPSA) is 85.6 Å². The predicted molar refractivity (Wildman–Crippen MR) is 94.0 cm³/mol. The molecule has 3 aromatic rings. The SMILES string of the molecule is CCS(=O)(=O)NCCc1csc2nc(-c3ccc(OC)cc3)nn12. The van der Waals surface area contributed by atoms with Gasteiger partial charge in [0.05, 0.1) is 18.6 Å². The second kappa shape index (κ2) is 6.88. The zero-order valence-electron chi connectivity index (χ0n) is 13.4. The minimum absolute atomic E-state index is 0.0803. The van der Waals surface area contributed by atoms with Gasteiger partial charge < -0.3 is 4.74 Å². The highest BCUT2D eigenvalue weighted by Crippen LogP contribution is 2.23. The molecular formula is C15H18N4O3S2. The minimum atomic E-state index is -3.17. The van der Waals surface area contributed by atoms with Crippen molar-refractivity contribution in [2.24, 2.45) is 0 Å². The molecule has 0 aliphatic heterocycles. The first-order valence-electron chi connectivity index (χ1n) is 7.47. The van der Waals surface area contributed by atoms with Gasteiger partial charge in [-0.05, 0) is 31.2 Å². The summed E-state index contributed by atoms with van der Waals surface area (Å²) in [5.74, 6) is 1.50. The van der Waals surface area contributed by atoms with Crippen LogP contribution < -0.4 is 9.46 Å². The molecule has 0 bridgehead atoms. The molecule has 1 N–H and O–H groups in total. The summed E-state index contributed by atoms with van der Waals surface area (Å²) in [5, 5.41) is 6.48. The van der Waals surface area contributed by atoms with Crippen LogP contribution >= 0.6 is 11.3 Å². The molecule has 0 unspecified atom stereocenters. The molecule has 0 saturated carbocycles. The molecule has 0 amide bonds. The molecule has 7 nitrogen and oxygen atoms in total. The van der Waals surface area contributed by atoms with Crippen molar-refractivity contribution in [1.29, 1.82) is 0 Å². The first-order chi connectivity index (χ1) is 11.5. The van der Waals surface area contributed by atoms with E-state index < -0.39 is 10.0 Å². The van der Waals surface area contributed by atoms with Gasteiger partial charge in [-0.2, -0.15) is 4.98 Å². The minimum Gasteiger partial charge on any atom is -0.497 e. The summed E-state index contributed by atoms with van der Waals surface area (Å²) < 4.78 is 32.4. The van der Waals surface area contributed by atoms with Gasteiger partial charge in [0.15, 0.2) is 5.82 Å². The van der Waals surface area contributed by atoms with Crippen LogP contribution in [0.1, 0.15) is 12.6 Å². The summed E-state index contributed by atoms with van der Waals surface area (Å²) in [4.78, 5) is 5.31. The predicted octanol–water partition coefficient (Wildman–Crippen LogP) is 1.95. The van der Waals surface area contributed by atoms with Crippen LogP contribution in [-0.2, 0) is 16.4 Å². The number of nitrogens with one attached hydrogen (secondary N) is 1. The van der Waals surface area contributed by atoms with Crippen molar-refractivity contribution < 1.29 is 13.2 Å². The Labute approximate surface area is 144 Å². The van der Waals surface area contributed by atoms with E-state index in [2.05, 4.69) is 14.8 Å². The molecule has 2 heterocycles. The van der Waals surface area contributed by atoms with Crippen molar-refractivity contribution in [3.63, 3.8) is 0 Å². The number of benzene rings is 1. The van der Waals surface area contributed by atoms with E-state index in [1.807, 2.05) is 29.6 Å². The molecule has 3 rings (SSSR count). The van der Waals surface area contributed by atoms with Gasteiger partial charge in [-0.1, -0.05) is 0 Å². The summed E-state index contributed by atoms with van der Waals surface area (Å²) in [6.07, 6.45) is 0.560. The highest BCUT2D eigenvalue weighted by atomic mass is 32.2. The normalized spacial score (nSPS) is 11.9. The molecular weight excluding hydrogens is 348 g/mol. The van der Waals surface area contributed by atoms with Crippen LogP contribution in [0, 0.1) is 0 Å². The fourth-order valence-corrected chi connectivity index (χ4v) is 3.67. The molecule has 0 aliphatic carbocycles. The molecule has 0 atom stereocenters. The van der Waals surface area contributed by atoms with Crippen LogP contribution in [0.25, 0.3) is 16.3 Å². The number of hydrogen-bond acceptors (Lipinski definition) is 6. The van der Waals surface area contributed by atoms with Crippen LogP contribution in [-0.4, -0.2) is 42.4 Å². The van der Waals surface area contributed by atoms with Crippen molar-refractivity contribution in [3.8, 4) is 17.1 Å². The summed E-state index contributed by atoms with van der Waals surface area (Å²) in [7, 11) is -1.55. The average Bonchev–Trinajstić information content (AvgIpc) is 3.16. The number of ether oxygens (including phenoxy) is 1. The smallest absolute Gasteiger partial charge is 0.212 e. The van der Waals surface area contributed by atoms with Gasteiger partial charge >= 0.3 is 0 Å². The van der Waals surface area contributed by atoms with Crippen molar-refractivity contribution in [2.75, 3.05) is 19.4 Å². The quantitative estimate of drug-likeness (QED) is 0.691. The van der Waals surface area contributed by atoms with Gasteiger partial charge in [-0.15, -0.1) is 16.4 Å². The van der Waals surface area contributed by atoms with Crippen molar-refractivity contribution in [2.45, 2.75) is 13.3 Å². The largest absolute Gasteiger partial charge is 0.497 e. The molecule has 0 saturated heterocycles. The highest BCUT2D eigenvalue weighted by molar-refractivity contribution is 7.89. The third-order valence-corrected chi connectivity index (χ3v) is 5.85. The van der Waals surface area contributed by atoms with Crippen LogP contribution in [0.2, 0.25) is 0 Å². The maximum absolute atomic E-state index is 11.5. The van der Waals surface area contributed by atoms with E-state index in [1.165, 1.54) is 11.3 Å². The zero-order valence-corrected chi connectivity index (χ0v) is 15.0. The number of sulfonamides is 1. The summed E-state index contributed by atoms with van der Waals surface area (Å²) in [6, 6.07) is 7.55. The number of aromatic nitrogens is 3. The Balaban J connectivity index is 1.78. The van der Waals surface area contributed by atoms with E-state index in [0.29, 0.717) is 18.8 Å². The Hall–Kier alpha value is -1.97. The van der Waals surface area contributed by atoms with Gasteiger partial charge in [0.1, 0.15) is 5.75 Å². The molecule has 0 radical (unpaired) electrons. The Morgan fingerprint density at radius 3 is 2.71 bits per heavy atom. The van der Waals surface area contributed by atoms with Crippen LogP contribution in [0.3, 0.4) is 0 Å². The Bertz CT molecular complexity index is 929. The van der Waals surface area contributed by atoms with E-state index in [1.54, 1.807) is 18.5 Å². The van der Waals surface area contributed by atoms with Gasteiger partial charge in [0, 0.05) is 23.9 Å². The summed E-state index contributed by atoms with van der Waals surface area (Å²) in [5.41, 5.74) is 1.84. The van der Waals surface area contributed by atoms with Crippen molar-refractivity contribution in [3.05, 3.63) is 35.3 Å². The number of thiazole rings is 1. The van der Waals surface area contributed by atoms with Crippen LogP contribution in [0.4, 0.5) is 0 Å². The van der Waals surface area contributed by atoms with E-state index in [0.717, 1.165) is 22.0 Å². The zero-order chi connectivity index (χ0) is 17.2. The van der Waals surface area contributed by atoms with Gasteiger partial charge in [-0.3, -0.25) is 0 Å². The third kappa shape index (κ3) is 3.58. The molecule has 128 valence electrons. The lowest BCUT2D eigenvalue weighted by Gasteiger charge is -2.03. The number of fused-ring (bicyclic) bond motifs is 1. The van der Waals surface area contributed by atoms with Crippen molar-refractivity contribution >= 4 is 26.3 Å². The van der Waals surface area contributed by atoms with Crippen molar-refractivity contribution in [1.82, 2.24) is 19.3 Å². The second-order valence-electron chi connectivity index (χ2n) is 5.13. The number of hydrogen-bond donors (Lipinski definition) is 1. The Morgan fingerprint density at radius 1 is 1.29 bits per heavy atom. The summed E-state index contributed by atoms with van der Waals surface area (Å²) in [6.45, 7) is 1.96. The van der Waals surface area contributed by atoms with E-state index in [4.69, 9.17) is 4.74 Å². The lowest BCUT2D eigenvalue weighted by Crippen LogP contribution is -2.27. The second-order valence-corrected chi connectivity index (χ2v) is 8.07. The third-order valence-electron chi connectivity index (χ3n) is 3.58. The molecule has 0 fully saturated rings. The van der Waals surface area contributed by atoms with E-state index in [-0.39, 0.29) is 5.75 Å². The average molecular weight is 366 g/mol. The number of nitrogens with zero attached hydrogens (tertiary/aromatic N) is 3. The van der Waals surface area contributed by atoms with Gasteiger partial charge in [0.2, 0.25) is 15.0 Å². The standard InChI is InChI=1S/C15H18N4O3S2/c1-3-24(20,21)16-9-8-12-10-23-15-17-14(18-19(12)15)11-4-6-13(22-2)7-5-11/h4-7,10,16H,3,8-9H2,1-2H3. The van der Waals surface area contributed by atoms with Gasteiger partial charge in [-0.25, -0.2) is 17.7 Å². The monoisotopic (exact) mass is 366 g/mol. The fraction of sp³-hybridized carbons (Fsp3) is 0.333. The van der Waals surface area contributed by atoms with E-state index >= 15 is 0 Å². The van der Waals surface area contributed by atoms with Crippen LogP contribution in [0.15, 0.2) is 29.6 Å². The Kier molecular flexibility index (Phi) is 4.83. The van der Waals surface area contributed by atoms with Crippen LogP contribution in [0.5, 0.6) is 5.75 Å². The number of rotatable bonds is 7. The first kappa shape index (κ1) is 16.9. The lowest BCUT2D eigenvalue weighted by molar-refractivity contribution is 0.415. The summed E-state index contributed by atoms with van der Waals surface area (Å²) >= 11 is 1.49. The molecule has 24 heavy (non-hydrogen) atoms. The molecule has 2 aromatic heterocycles. The first-order valence-corrected chi connectivity index (χ1v) is 10.0. The fourth-order valence-electron chi connectivity index (χ4n) is 2.20. The number of methoxy groups -OCH3 is 1. The molecule has 0 spiro atoms. The van der Waals surface area contributed by atoms with E-state index in [9.17, 15) is 8.42 Å². The van der Waals surface area contributed by atoms with Gasteiger partial charge in [0.25, 0.3) is 0 Å².